The number of ether oxygens (including phenoxy) is 1. The summed E-state index contributed by atoms with van der Waals surface area (Å²) in [6.07, 6.45) is 1.93. The highest BCUT2D eigenvalue weighted by molar-refractivity contribution is 5.78. The first-order chi connectivity index (χ1) is 7.65. The van der Waals surface area contributed by atoms with Crippen molar-refractivity contribution in [1.82, 2.24) is 5.32 Å². The molecule has 1 fully saturated rings. The maximum Gasteiger partial charge on any atom is 0.328 e. The van der Waals surface area contributed by atoms with Crippen molar-refractivity contribution < 1.29 is 9.53 Å². The highest BCUT2D eigenvalue weighted by atomic mass is 16.5. The summed E-state index contributed by atoms with van der Waals surface area (Å²) in [5.74, 6) is 0.485. The Morgan fingerprint density at radius 2 is 2.00 bits per heavy atom. The van der Waals surface area contributed by atoms with Gasteiger partial charge >= 0.3 is 5.97 Å². The number of hydrogen-bond donors (Lipinski definition) is 1. The van der Waals surface area contributed by atoms with Gasteiger partial charge in [-0.05, 0) is 56.5 Å². The third kappa shape index (κ3) is 2.61. The van der Waals surface area contributed by atoms with Crippen LogP contribution in [0.1, 0.15) is 24.0 Å². The Morgan fingerprint density at radius 3 is 2.56 bits per heavy atom. The molecule has 0 amide bonds. The fraction of sp³-hybridized carbons (Fsp3) is 0.462. The van der Waals surface area contributed by atoms with Crippen LogP contribution in [-0.4, -0.2) is 18.6 Å². The van der Waals surface area contributed by atoms with Gasteiger partial charge in [0.2, 0.25) is 0 Å². The average Bonchev–Trinajstić information content (AvgIpc) is 2.68. The molecule has 3 heteroatoms. The van der Waals surface area contributed by atoms with Gasteiger partial charge in [-0.3, -0.25) is 0 Å². The molecule has 0 radical (unpaired) electrons. The Morgan fingerprint density at radius 1 is 1.31 bits per heavy atom. The van der Waals surface area contributed by atoms with Crippen LogP contribution in [0, 0.1) is 13.8 Å². The lowest BCUT2D eigenvalue weighted by Crippen LogP contribution is -2.34. The first-order valence-electron chi connectivity index (χ1n) is 5.68. The molecule has 0 saturated carbocycles. The molecule has 16 heavy (non-hydrogen) atoms. The van der Waals surface area contributed by atoms with Crippen LogP contribution in [0.3, 0.4) is 0 Å². The predicted molar refractivity (Wildman–Crippen MR) is 62.6 cm³/mol. The maximum absolute atomic E-state index is 11.8. The fourth-order valence-electron chi connectivity index (χ4n) is 2.06. The predicted octanol–water partition coefficient (Wildman–Crippen LogP) is 1.96. The van der Waals surface area contributed by atoms with E-state index in [1.54, 1.807) is 0 Å². The summed E-state index contributed by atoms with van der Waals surface area (Å²) in [6, 6.07) is 5.71. The molecule has 1 N–H and O–H groups in total. The van der Waals surface area contributed by atoms with Crippen molar-refractivity contribution in [3.63, 3.8) is 0 Å². The topological polar surface area (TPSA) is 38.3 Å². The summed E-state index contributed by atoms with van der Waals surface area (Å²) in [6.45, 7) is 4.91. The Bertz CT molecular complexity index is 375. The zero-order chi connectivity index (χ0) is 11.5. The van der Waals surface area contributed by atoms with Crippen molar-refractivity contribution in [1.29, 1.82) is 0 Å². The van der Waals surface area contributed by atoms with Gasteiger partial charge < -0.3 is 10.1 Å². The average molecular weight is 219 g/mol. The summed E-state index contributed by atoms with van der Waals surface area (Å²) in [4.78, 5) is 11.8. The van der Waals surface area contributed by atoms with E-state index in [9.17, 15) is 4.79 Å². The number of hydrogen-bond acceptors (Lipinski definition) is 3. The van der Waals surface area contributed by atoms with E-state index in [0.717, 1.165) is 30.5 Å². The van der Waals surface area contributed by atoms with Crippen LogP contribution in [0.25, 0.3) is 0 Å². The van der Waals surface area contributed by atoms with Crippen LogP contribution in [0.15, 0.2) is 18.2 Å². The zero-order valence-corrected chi connectivity index (χ0v) is 9.75. The summed E-state index contributed by atoms with van der Waals surface area (Å²) in [7, 11) is 0. The van der Waals surface area contributed by atoms with E-state index in [2.05, 4.69) is 11.4 Å². The normalized spacial score (nSPS) is 19.8. The number of aryl methyl sites for hydroxylation is 2. The quantitative estimate of drug-likeness (QED) is 0.610. The van der Waals surface area contributed by atoms with Crippen molar-refractivity contribution in [2.24, 2.45) is 0 Å². The summed E-state index contributed by atoms with van der Waals surface area (Å²) >= 11 is 0. The summed E-state index contributed by atoms with van der Waals surface area (Å²) in [5, 5.41) is 3.13. The van der Waals surface area contributed by atoms with E-state index in [4.69, 9.17) is 4.74 Å². The molecule has 3 nitrogen and oxygen atoms in total. The number of carbonyl (C=O) groups is 1. The van der Waals surface area contributed by atoms with Crippen molar-refractivity contribution >= 4 is 5.97 Å². The van der Waals surface area contributed by atoms with Crippen LogP contribution >= 0.6 is 0 Å². The van der Waals surface area contributed by atoms with Gasteiger partial charge in [-0.1, -0.05) is 6.07 Å². The lowest BCUT2D eigenvalue weighted by molar-refractivity contribution is -0.136. The third-order valence-electron chi connectivity index (χ3n) is 2.76. The molecule has 1 aromatic carbocycles. The molecule has 86 valence electrons. The van der Waals surface area contributed by atoms with Crippen LogP contribution in [0.2, 0.25) is 0 Å². The number of nitrogens with one attached hydrogen (secondary N) is 1. The van der Waals surface area contributed by atoms with Crippen molar-refractivity contribution in [2.45, 2.75) is 32.7 Å². The van der Waals surface area contributed by atoms with E-state index >= 15 is 0 Å². The van der Waals surface area contributed by atoms with Crippen molar-refractivity contribution in [3.8, 4) is 5.75 Å². The summed E-state index contributed by atoms with van der Waals surface area (Å²) in [5.41, 5.74) is 2.23. The molecule has 1 aliphatic heterocycles. The number of carbonyl (C=O) groups excluding carboxylic acids is 1. The van der Waals surface area contributed by atoms with Gasteiger partial charge in [-0.2, -0.15) is 0 Å². The molecule has 1 aromatic rings. The van der Waals surface area contributed by atoms with Crippen LogP contribution in [-0.2, 0) is 4.79 Å². The van der Waals surface area contributed by atoms with Gasteiger partial charge in [-0.25, -0.2) is 4.79 Å². The Kier molecular flexibility index (Phi) is 3.25. The minimum atomic E-state index is -0.164. The molecule has 0 aliphatic carbocycles. The highest BCUT2D eigenvalue weighted by Gasteiger charge is 2.23. The molecular formula is C13H17NO2. The van der Waals surface area contributed by atoms with Gasteiger partial charge in [0, 0.05) is 0 Å². The lowest BCUT2D eigenvalue weighted by Gasteiger charge is -2.10. The standard InChI is InChI=1S/C13H17NO2/c1-9-6-10(2)8-11(7-9)16-13(15)12-4-3-5-14-12/h6-8,12,14H,3-5H2,1-2H3. The van der Waals surface area contributed by atoms with E-state index in [1.807, 2.05) is 26.0 Å². The van der Waals surface area contributed by atoms with Crippen molar-refractivity contribution in [3.05, 3.63) is 29.3 Å². The molecule has 0 bridgehead atoms. The fourth-order valence-corrected chi connectivity index (χ4v) is 2.06. The molecule has 1 atom stereocenters. The first kappa shape index (κ1) is 11.1. The number of benzene rings is 1. The minimum Gasteiger partial charge on any atom is -0.425 e. The van der Waals surface area contributed by atoms with Crippen molar-refractivity contribution in [2.75, 3.05) is 6.54 Å². The van der Waals surface area contributed by atoms with E-state index in [-0.39, 0.29) is 12.0 Å². The van der Waals surface area contributed by atoms with Crippen LogP contribution < -0.4 is 10.1 Å². The van der Waals surface area contributed by atoms with Gasteiger partial charge in [0.05, 0.1) is 0 Å². The molecule has 0 aromatic heterocycles. The second-order valence-corrected chi connectivity index (χ2v) is 4.39. The first-order valence-corrected chi connectivity index (χ1v) is 5.68. The molecular weight excluding hydrogens is 202 g/mol. The minimum absolute atomic E-state index is 0.124. The molecule has 1 aliphatic rings. The molecule has 2 rings (SSSR count). The molecule has 1 unspecified atom stereocenters. The molecule has 0 spiro atoms. The number of rotatable bonds is 2. The maximum atomic E-state index is 11.8. The molecule has 1 saturated heterocycles. The highest BCUT2D eigenvalue weighted by Crippen LogP contribution is 2.18. The summed E-state index contributed by atoms with van der Waals surface area (Å²) < 4.78 is 5.36. The smallest absolute Gasteiger partial charge is 0.328 e. The Labute approximate surface area is 95.8 Å². The molecule has 1 heterocycles. The van der Waals surface area contributed by atoms with Gasteiger partial charge in [0.1, 0.15) is 11.8 Å². The van der Waals surface area contributed by atoms with Gasteiger partial charge in [0.25, 0.3) is 0 Å². The zero-order valence-electron chi connectivity index (χ0n) is 9.75. The second-order valence-electron chi connectivity index (χ2n) is 4.39. The largest absolute Gasteiger partial charge is 0.425 e. The Hall–Kier alpha value is -1.35. The second kappa shape index (κ2) is 4.66. The Balaban J connectivity index is 2.05. The third-order valence-corrected chi connectivity index (χ3v) is 2.76. The lowest BCUT2D eigenvalue weighted by atomic mass is 10.1. The number of esters is 1. The van der Waals surface area contributed by atoms with Crippen LogP contribution in [0.5, 0.6) is 5.75 Å². The SMILES string of the molecule is Cc1cc(C)cc(OC(=O)C2CCCN2)c1. The van der Waals surface area contributed by atoms with E-state index < -0.39 is 0 Å². The van der Waals surface area contributed by atoms with Gasteiger partial charge in [0.15, 0.2) is 0 Å². The van der Waals surface area contributed by atoms with E-state index in [0.29, 0.717) is 5.75 Å². The van der Waals surface area contributed by atoms with Gasteiger partial charge in [-0.15, -0.1) is 0 Å². The van der Waals surface area contributed by atoms with Crippen LogP contribution in [0.4, 0.5) is 0 Å². The van der Waals surface area contributed by atoms with E-state index in [1.165, 1.54) is 0 Å². The monoisotopic (exact) mass is 219 g/mol.